The third-order valence-corrected chi connectivity index (χ3v) is 4.37. The molecule has 1 aliphatic rings. The van der Waals surface area contributed by atoms with E-state index in [1.54, 1.807) is 12.1 Å². The Labute approximate surface area is 110 Å². The van der Waals surface area contributed by atoms with Crippen LogP contribution in [0.1, 0.15) is 0 Å². The van der Waals surface area contributed by atoms with Crippen LogP contribution in [0.3, 0.4) is 0 Å². The lowest BCUT2D eigenvalue weighted by Crippen LogP contribution is -2.00. The normalized spacial score (nSPS) is 15.9. The summed E-state index contributed by atoms with van der Waals surface area (Å²) in [7, 11) is -0.988. The van der Waals surface area contributed by atoms with Gasteiger partial charge in [0.2, 0.25) is 8.38 Å². The molecule has 1 aliphatic heterocycles. The molecule has 1 fully saturated rings. The summed E-state index contributed by atoms with van der Waals surface area (Å²) in [6, 6.07) is 10.9. The van der Waals surface area contributed by atoms with Gasteiger partial charge >= 0.3 is 0 Å². The largest absolute Gasteiger partial charge is 0.328 e. The van der Waals surface area contributed by atoms with E-state index in [9.17, 15) is 8.78 Å². The maximum atomic E-state index is 13.7. The minimum atomic E-state index is -0.988. The van der Waals surface area contributed by atoms with Crippen LogP contribution >= 0.6 is 8.38 Å². The summed E-state index contributed by atoms with van der Waals surface area (Å²) in [4.78, 5) is 0. The lowest BCUT2D eigenvalue weighted by molar-refractivity contribution is 0.365. The quantitative estimate of drug-likeness (QED) is 0.782. The zero-order valence-corrected chi connectivity index (χ0v) is 10.9. The summed E-state index contributed by atoms with van der Waals surface area (Å²) < 4.78 is 37.4. The fourth-order valence-corrected chi connectivity index (χ4v) is 3.16. The highest BCUT2D eigenvalue weighted by Crippen LogP contribution is 2.41. The molecule has 1 saturated heterocycles. The van der Waals surface area contributed by atoms with Gasteiger partial charge in [0.25, 0.3) is 0 Å². The summed E-state index contributed by atoms with van der Waals surface area (Å²) in [6.45, 7) is 1.22. The Morgan fingerprint density at radius 2 is 1.58 bits per heavy atom. The van der Waals surface area contributed by atoms with Crippen LogP contribution in [0.15, 0.2) is 42.5 Å². The Bertz CT molecular complexity index is 580. The van der Waals surface area contributed by atoms with Crippen LogP contribution in [0.2, 0.25) is 0 Å². The third kappa shape index (κ3) is 2.66. The Morgan fingerprint density at radius 1 is 0.895 bits per heavy atom. The van der Waals surface area contributed by atoms with E-state index in [2.05, 4.69) is 0 Å². The number of halogens is 2. The fraction of sp³-hybridized carbons (Fsp3) is 0.143. The van der Waals surface area contributed by atoms with Gasteiger partial charge in [-0.25, -0.2) is 8.78 Å². The van der Waals surface area contributed by atoms with Crippen molar-refractivity contribution >= 4 is 13.7 Å². The van der Waals surface area contributed by atoms with Gasteiger partial charge in [0.15, 0.2) is 0 Å². The van der Waals surface area contributed by atoms with Gasteiger partial charge in [-0.3, -0.25) is 0 Å². The smallest absolute Gasteiger partial charge is 0.205 e. The maximum absolute atomic E-state index is 13.7. The van der Waals surface area contributed by atoms with Gasteiger partial charge in [0, 0.05) is 16.9 Å². The first-order valence-corrected chi connectivity index (χ1v) is 7.03. The summed E-state index contributed by atoms with van der Waals surface area (Å²) in [5.74, 6) is -1.14. The van der Waals surface area contributed by atoms with Gasteiger partial charge in [-0.1, -0.05) is 12.1 Å². The summed E-state index contributed by atoms with van der Waals surface area (Å²) >= 11 is 0. The molecule has 0 N–H and O–H groups in total. The van der Waals surface area contributed by atoms with Crippen LogP contribution in [0.25, 0.3) is 11.1 Å². The first-order valence-electron chi connectivity index (χ1n) is 5.85. The lowest BCUT2D eigenvalue weighted by atomic mass is 10.1. The highest BCUT2D eigenvalue weighted by molar-refractivity contribution is 7.56. The van der Waals surface area contributed by atoms with E-state index >= 15 is 0 Å². The lowest BCUT2D eigenvalue weighted by Gasteiger charge is -2.09. The van der Waals surface area contributed by atoms with E-state index in [1.165, 1.54) is 12.1 Å². The Balaban J connectivity index is 1.89. The molecule has 0 atom stereocenters. The minimum absolute atomic E-state index is 0.383. The third-order valence-electron chi connectivity index (χ3n) is 2.82. The molecular formula is C14H11F2O2P. The predicted molar refractivity (Wildman–Crippen MR) is 70.3 cm³/mol. The summed E-state index contributed by atoms with van der Waals surface area (Å²) in [5, 5.41) is 0.957. The Hall–Kier alpha value is -1.35. The average Bonchev–Trinajstić information content (AvgIpc) is 2.93. The van der Waals surface area contributed by atoms with E-state index in [0.717, 1.165) is 11.4 Å². The van der Waals surface area contributed by atoms with Crippen molar-refractivity contribution in [1.29, 1.82) is 0 Å². The standard InChI is InChI=1S/C14H11F2O2P/c15-11-3-6-13(14(16)9-11)10-1-4-12(5-2-10)19-17-7-8-18-19/h1-6,9H,7-8H2. The minimum Gasteiger partial charge on any atom is -0.328 e. The molecule has 1 heterocycles. The highest BCUT2D eigenvalue weighted by atomic mass is 31.2. The molecule has 0 radical (unpaired) electrons. The molecule has 0 aliphatic carbocycles. The highest BCUT2D eigenvalue weighted by Gasteiger charge is 2.19. The van der Waals surface area contributed by atoms with E-state index in [4.69, 9.17) is 9.05 Å². The van der Waals surface area contributed by atoms with Crippen molar-refractivity contribution in [3.63, 3.8) is 0 Å². The van der Waals surface area contributed by atoms with Crippen LogP contribution in [0.4, 0.5) is 8.78 Å². The molecule has 98 valence electrons. The van der Waals surface area contributed by atoms with Crippen molar-refractivity contribution in [2.45, 2.75) is 0 Å². The molecule has 0 bridgehead atoms. The molecule has 0 saturated carbocycles. The molecule has 0 spiro atoms. The van der Waals surface area contributed by atoms with Crippen molar-refractivity contribution in [2.75, 3.05) is 13.2 Å². The molecule has 0 aromatic heterocycles. The number of hydrogen-bond acceptors (Lipinski definition) is 2. The van der Waals surface area contributed by atoms with Crippen LogP contribution < -0.4 is 5.30 Å². The van der Waals surface area contributed by atoms with E-state index in [1.807, 2.05) is 12.1 Å². The van der Waals surface area contributed by atoms with E-state index in [0.29, 0.717) is 24.3 Å². The van der Waals surface area contributed by atoms with Crippen LogP contribution in [0.5, 0.6) is 0 Å². The molecule has 19 heavy (non-hydrogen) atoms. The zero-order valence-electron chi connectivity index (χ0n) is 9.98. The molecular weight excluding hydrogens is 269 g/mol. The van der Waals surface area contributed by atoms with Gasteiger partial charge in [0.1, 0.15) is 11.6 Å². The maximum Gasteiger partial charge on any atom is 0.205 e. The van der Waals surface area contributed by atoms with Crippen LogP contribution in [0, 0.1) is 11.6 Å². The summed E-state index contributed by atoms with van der Waals surface area (Å²) in [6.07, 6.45) is 0. The molecule has 2 nitrogen and oxygen atoms in total. The van der Waals surface area contributed by atoms with E-state index < -0.39 is 20.0 Å². The number of benzene rings is 2. The second kappa shape index (κ2) is 5.33. The molecule has 3 rings (SSSR count). The van der Waals surface area contributed by atoms with Gasteiger partial charge in [-0.15, -0.1) is 0 Å². The van der Waals surface area contributed by atoms with Crippen molar-refractivity contribution in [3.8, 4) is 11.1 Å². The summed E-state index contributed by atoms with van der Waals surface area (Å²) in [5.41, 5.74) is 1.09. The van der Waals surface area contributed by atoms with Crippen molar-refractivity contribution in [3.05, 3.63) is 54.1 Å². The zero-order chi connectivity index (χ0) is 13.2. The molecule has 0 unspecified atom stereocenters. The first-order chi connectivity index (χ1) is 9.24. The van der Waals surface area contributed by atoms with E-state index in [-0.39, 0.29) is 0 Å². The predicted octanol–water partition coefficient (Wildman–Crippen LogP) is 3.62. The van der Waals surface area contributed by atoms with Crippen LogP contribution in [-0.2, 0) is 9.05 Å². The molecule has 0 amide bonds. The number of rotatable bonds is 2. The second-order valence-corrected chi connectivity index (χ2v) is 5.64. The monoisotopic (exact) mass is 280 g/mol. The van der Waals surface area contributed by atoms with Crippen molar-refractivity contribution in [1.82, 2.24) is 0 Å². The van der Waals surface area contributed by atoms with Crippen molar-refractivity contribution < 1.29 is 17.8 Å². The van der Waals surface area contributed by atoms with Crippen molar-refractivity contribution in [2.24, 2.45) is 0 Å². The van der Waals surface area contributed by atoms with Gasteiger partial charge in [-0.2, -0.15) is 0 Å². The Kier molecular flexibility index (Phi) is 3.56. The Morgan fingerprint density at radius 3 is 2.21 bits per heavy atom. The molecule has 2 aromatic carbocycles. The van der Waals surface area contributed by atoms with Gasteiger partial charge in [-0.05, 0) is 29.8 Å². The SMILES string of the molecule is Fc1ccc(-c2ccc(P3OCCO3)cc2)c(F)c1. The molecule has 2 aromatic rings. The van der Waals surface area contributed by atoms with Gasteiger partial charge in [0.05, 0.1) is 13.2 Å². The fourth-order valence-electron chi connectivity index (χ4n) is 1.91. The molecule has 5 heteroatoms. The van der Waals surface area contributed by atoms with Gasteiger partial charge < -0.3 is 9.05 Å². The number of hydrogen-bond donors (Lipinski definition) is 0. The second-order valence-electron chi connectivity index (χ2n) is 4.09. The topological polar surface area (TPSA) is 18.5 Å². The average molecular weight is 280 g/mol. The van der Waals surface area contributed by atoms with Crippen LogP contribution in [-0.4, -0.2) is 13.2 Å². The first kappa shape index (κ1) is 12.7.